The normalized spacial score (nSPS) is 14.0. The monoisotopic (exact) mass is 535 g/mol. The number of hydrogen-bond donors (Lipinski definition) is 9. The zero-order chi connectivity index (χ0) is 27.5. The number of nitrogens with two attached hydrogens (primary N) is 2. The van der Waals surface area contributed by atoms with Crippen LogP contribution in [0.3, 0.4) is 0 Å². The van der Waals surface area contributed by atoms with Crippen molar-refractivity contribution in [1.82, 2.24) is 25.9 Å². The fourth-order valence-electron chi connectivity index (χ4n) is 3.22. The Morgan fingerprint density at radius 1 is 0.946 bits per heavy atom. The maximum absolute atomic E-state index is 12.8. The largest absolute Gasteiger partial charge is 0.508 e. The van der Waals surface area contributed by atoms with E-state index in [0.717, 1.165) is 0 Å². The highest BCUT2D eigenvalue weighted by atomic mass is 32.1. The van der Waals surface area contributed by atoms with Crippen molar-refractivity contribution in [1.29, 1.82) is 0 Å². The Hall–Kier alpha value is -4.11. The van der Waals surface area contributed by atoms with Gasteiger partial charge in [-0.05, 0) is 24.1 Å². The number of carboxylic acid groups (broad SMARTS) is 1. The Kier molecular flexibility index (Phi) is 10.9. The minimum absolute atomic E-state index is 0.0405. The topological polar surface area (TPSA) is 243 Å². The molecule has 0 saturated carbocycles. The molecule has 37 heavy (non-hydrogen) atoms. The molecule has 0 aliphatic carbocycles. The summed E-state index contributed by atoms with van der Waals surface area (Å²) in [4.78, 5) is 67.7. The molecular formula is C22H29N7O7S. The minimum atomic E-state index is -1.45. The summed E-state index contributed by atoms with van der Waals surface area (Å²) in [6.07, 6.45) is 2.17. The van der Waals surface area contributed by atoms with Crippen molar-refractivity contribution < 1.29 is 34.2 Å². The Morgan fingerprint density at radius 3 is 2.08 bits per heavy atom. The van der Waals surface area contributed by atoms with Gasteiger partial charge in [0, 0.05) is 24.1 Å². The number of aromatic amines is 1. The molecule has 0 bridgehead atoms. The lowest BCUT2D eigenvalue weighted by molar-refractivity contribution is -0.142. The number of aromatic hydroxyl groups is 1. The third-order valence-electron chi connectivity index (χ3n) is 5.18. The molecule has 10 N–H and O–H groups in total. The average molecular weight is 536 g/mol. The predicted octanol–water partition coefficient (Wildman–Crippen LogP) is -2.43. The van der Waals surface area contributed by atoms with Gasteiger partial charge in [0.15, 0.2) is 0 Å². The van der Waals surface area contributed by atoms with E-state index in [1.54, 1.807) is 12.1 Å². The standard InChI is InChI=1S/C22H29N7O7S/c23-14(5-11-1-3-13(30)4-2-11)19(32)27-15(7-18(24)31)20(33)29-17(9-37)21(34)28-16(22(35)36)6-12-8-25-10-26-12/h1-4,8,10,14-17,30,37H,5-7,9,23H2,(H2,24,31)(H,25,26)(H,27,32)(H,28,34)(H,29,33)(H,35,36). The Balaban J connectivity index is 2.03. The maximum Gasteiger partial charge on any atom is 0.326 e. The molecular weight excluding hydrogens is 506 g/mol. The number of rotatable bonds is 14. The van der Waals surface area contributed by atoms with Gasteiger partial charge in [-0.15, -0.1) is 0 Å². The van der Waals surface area contributed by atoms with E-state index in [9.17, 15) is 34.2 Å². The molecule has 15 heteroatoms. The number of carbonyl (C=O) groups excluding carboxylic acids is 4. The van der Waals surface area contributed by atoms with Gasteiger partial charge in [-0.2, -0.15) is 12.6 Å². The molecule has 2 aromatic rings. The molecule has 0 radical (unpaired) electrons. The van der Waals surface area contributed by atoms with Crippen LogP contribution in [0.2, 0.25) is 0 Å². The summed E-state index contributed by atoms with van der Waals surface area (Å²) in [5, 5.41) is 25.8. The number of carboxylic acids is 1. The number of aliphatic carboxylic acids is 1. The Bertz CT molecular complexity index is 1100. The maximum atomic E-state index is 12.8. The lowest BCUT2D eigenvalue weighted by Gasteiger charge is -2.24. The van der Waals surface area contributed by atoms with Gasteiger partial charge in [-0.25, -0.2) is 9.78 Å². The molecule has 4 unspecified atom stereocenters. The second-order valence-corrected chi connectivity index (χ2v) is 8.50. The molecule has 0 saturated heterocycles. The summed E-state index contributed by atoms with van der Waals surface area (Å²) < 4.78 is 0. The molecule has 200 valence electrons. The van der Waals surface area contributed by atoms with Crippen molar-refractivity contribution in [2.75, 3.05) is 5.75 Å². The van der Waals surface area contributed by atoms with Crippen LogP contribution in [-0.4, -0.2) is 79.7 Å². The predicted molar refractivity (Wildman–Crippen MR) is 133 cm³/mol. The van der Waals surface area contributed by atoms with Crippen LogP contribution in [0.15, 0.2) is 36.8 Å². The quantitative estimate of drug-likeness (QED) is 0.117. The molecule has 14 nitrogen and oxygen atoms in total. The van der Waals surface area contributed by atoms with E-state index in [1.165, 1.54) is 24.7 Å². The van der Waals surface area contributed by atoms with E-state index < -0.39 is 60.2 Å². The first kappa shape index (κ1) is 29.1. The van der Waals surface area contributed by atoms with Crippen molar-refractivity contribution >= 4 is 42.2 Å². The van der Waals surface area contributed by atoms with Gasteiger partial charge in [0.25, 0.3) is 0 Å². The molecule has 1 aromatic heterocycles. The molecule has 4 atom stereocenters. The lowest BCUT2D eigenvalue weighted by Crippen LogP contribution is -2.58. The number of primary amides is 1. The highest BCUT2D eigenvalue weighted by molar-refractivity contribution is 7.80. The highest BCUT2D eigenvalue weighted by Crippen LogP contribution is 2.11. The van der Waals surface area contributed by atoms with Gasteiger partial charge < -0.3 is 42.6 Å². The number of thiol groups is 1. The van der Waals surface area contributed by atoms with Gasteiger partial charge >= 0.3 is 5.97 Å². The third-order valence-corrected chi connectivity index (χ3v) is 5.54. The number of phenols is 1. The van der Waals surface area contributed by atoms with Gasteiger partial charge in [0.1, 0.15) is 23.9 Å². The van der Waals surface area contributed by atoms with Crippen molar-refractivity contribution in [3.63, 3.8) is 0 Å². The minimum Gasteiger partial charge on any atom is -0.508 e. The molecule has 1 aromatic carbocycles. The molecule has 2 rings (SSSR count). The van der Waals surface area contributed by atoms with Crippen molar-refractivity contribution in [3.05, 3.63) is 48.0 Å². The number of carbonyl (C=O) groups is 5. The Morgan fingerprint density at radius 2 is 1.54 bits per heavy atom. The van der Waals surface area contributed by atoms with Gasteiger partial charge in [-0.3, -0.25) is 19.2 Å². The van der Waals surface area contributed by atoms with Gasteiger partial charge in [0.2, 0.25) is 23.6 Å². The summed E-state index contributed by atoms with van der Waals surface area (Å²) in [5.41, 5.74) is 12.2. The van der Waals surface area contributed by atoms with E-state index in [2.05, 4.69) is 38.5 Å². The molecule has 1 heterocycles. The van der Waals surface area contributed by atoms with Crippen molar-refractivity contribution in [2.45, 2.75) is 43.4 Å². The zero-order valence-electron chi connectivity index (χ0n) is 19.6. The fourth-order valence-corrected chi connectivity index (χ4v) is 3.48. The number of aromatic nitrogens is 2. The number of H-pyrrole nitrogens is 1. The molecule has 0 aliphatic rings. The number of hydrogen-bond acceptors (Lipinski definition) is 9. The molecule has 0 fully saturated rings. The lowest BCUT2D eigenvalue weighted by atomic mass is 10.0. The van der Waals surface area contributed by atoms with Crippen LogP contribution in [0.4, 0.5) is 0 Å². The SMILES string of the molecule is NC(=O)CC(NC(=O)C(N)Cc1ccc(O)cc1)C(=O)NC(CS)C(=O)NC(Cc1cnc[nH]1)C(=O)O. The fraction of sp³-hybridized carbons (Fsp3) is 0.364. The first-order chi connectivity index (χ1) is 17.5. The van der Waals surface area contributed by atoms with Gasteiger partial charge in [0.05, 0.1) is 18.8 Å². The van der Waals surface area contributed by atoms with E-state index in [-0.39, 0.29) is 24.3 Å². The second kappa shape index (κ2) is 13.8. The van der Waals surface area contributed by atoms with E-state index in [4.69, 9.17) is 11.5 Å². The average Bonchev–Trinajstić information content (AvgIpc) is 3.35. The van der Waals surface area contributed by atoms with Crippen LogP contribution in [0, 0.1) is 0 Å². The summed E-state index contributed by atoms with van der Waals surface area (Å²) in [6.45, 7) is 0. The summed E-state index contributed by atoms with van der Waals surface area (Å²) in [7, 11) is 0. The number of nitrogens with zero attached hydrogens (tertiary/aromatic N) is 1. The van der Waals surface area contributed by atoms with Crippen LogP contribution < -0.4 is 27.4 Å². The second-order valence-electron chi connectivity index (χ2n) is 8.13. The molecule has 0 spiro atoms. The van der Waals surface area contributed by atoms with E-state index in [0.29, 0.717) is 11.3 Å². The number of imidazole rings is 1. The zero-order valence-corrected chi connectivity index (χ0v) is 20.5. The number of phenolic OH excluding ortho intramolecular Hbond substituents is 1. The van der Waals surface area contributed by atoms with Crippen LogP contribution in [0.25, 0.3) is 0 Å². The van der Waals surface area contributed by atoms with Crippen LogP contribution >= 0.6 is 12.6 Å². The highest BCUT2D eigenvalue weighted by Gasteiger charge is 2.31. The van der Waals surface area contributed by atoms with Crippen molar-refractivity contribution in [3.8, 4) is 5.75 Å². The first-order valence-corrected chi connectivity index (χ1v) is 11.7. The number of amides is 4. The first-order valence-electron chi connectivity index (χ1n) is 11.0. The van der Waals surface area contributed by atoms with Crippen LogP contribution in [0.5, 0.6) is 5.75 Å². The number of benzene rings is 1. The van der Waals surface area contributed by atoms with Crippen molar-refractivity contribution in [2.24, 2.45) is 11.5 Å². The molecule has 0 aliphatic heterocycles. The van der Waals surface area contributed by atoms with E-state index >= 15 is 0 Å². The summed E-state index contributed by atoms with van der Waals surface area (Å²) in [6, 6.07) is 0.822. The Labute approximate surface area is 217 Å². The van der Waals surface area contributed by atoms with Crippen LogP contribution in [0.1, 0.15) is 17.7 Å². The van der Waals surface area contributed by atoms with E-state index in [1.807, 2.05) is 0 Å². The summed E-state index contributed by atoms with van der Waals surface area (Å²) in [5.74, 6) is -4.91. The third kappa shape index (κ3) is 9.46. The smallest absolute Gasteiger partial charge is 0.326 e. The summed E-state index contributed by atoms with van der Waals surface area (Å²) >= 11 is 4.04. The van der Waals surface area contributed by atoms with Gasteiger partial charge in [-0.1, -0.05) is 12.1 Å². The number of nitrogens with one attached hydrogen (secondary N) is 4. The van der Waals surface area contributed by atoms with Crippen LogP contribution in [-0.2, 0) is 36.8 Å². The molecule has 4 amide bonds.